The first-order chi connectivity index (χ1) is 15.9. The molecule has 0 radical (unpaired) electrons. The number of esters is 1. The second-order valence-electron chi connectivity index (χ2n) is 7.46. The summed E-state index contributed by atoms with van der Waals surface area (Å²) < 4.78 is 33.9. The number of para-hydroxylation sites is 1. The second kappa shape index (κ2) is 8.14. The van der Waals surface area contributed by atoms with Crippen LogP contribution in [0, 0.1) is 0 Å². The zero-order valence-electron chi connectivity index (χ0n) is 17.3. The molecule has 166 valence electrons. The molecule has 5 rings (SSSR count). The van der Waals surface area contributed by atoms with E-state index in [9.17, 15) is 18.0 Å². The standard InChI is InChI=1S/C23H18N4O5S/c28-22-19-9-2-3-10-20(19)24-25-26(22)15-32-23(29)17-7-5-8-18(14-17)33(30,31)27-13-12-16-6-1-4-11-21(16)27/h1-11,14H,12-13,15H2. The van der Waals surface area contributed by atoms with Gasteiger partial charge in [0.2, 0.25) is 0 Å². The summed E-state index contributed by atoms with van der Waals surface area (Å²) in [5.74, 6) is -0.782. The van der Waals surface area contributed by atoms with Crippen LogP contribution in [0.1, 0.15) is 15.9 Å². The summed E-state index contributed by atoms with van der Waals surface area (Å²) in [5.41, 5.74) is 1.63. The van der Waals surface area contributed by atoms with Crippen LogP contribution in [0.4, 0.5) is 5.69 Å². The maximum atomic E-state index is 13.2. The number of fused-ring (bicyclic) bond motifs is 2. The van der Waals surface area contributed by atoms with E-state index in [1.165, 1.54) is 28.6 Å². The first-order valence-corrected chi connectivity index (χ1v) is 11.6. The van der Waals surface area contributed by atoms with Crippen LogP contribution in [0.15, 0.2) is 82.5 Å². The van der Waals surface area contributed by atoms with Crippen molar-refractivity contribution in [3.63, 3.8) is 0 Å². The lowest BCUT2D eigenvalue weighted by Crippen LogP contribution is -2.29. The van der Waals surface area contributed by atoms with Crippen LogP contribution >= 0.6 is 0 Å². The molecule has 1 aliphatic heterocycles. The molecule has 1 aliphatic rings. The number of anilines is 1. The number of aromatic nitrogens is 3. The lowest BCUT2D eigenvalue weighted by Gasteiger charge is -2.19. The molecule has 2 heterocycles. The summed E-state index contributed by atoms with van der Waals surface area (Å²) in [5, 5.41) is 8.06. The number of rotatable bonds is 5. The lowest BCUT2D eigenvalue weighted by molar-refractivity contribution is 0.0336. The first-order valence-electron chi connectivity index (χ1n) is 10.2. The Balaban J connectivity index is 1.37. The molecule has 0 saturated heterocycles. The zero-order chi connectivity index (χ0) is 23.0. The molecule has 0 fully saturated rings. The highest BCUT2D eigenvalue weighted by molar-refractivity contribution is 7.92. The number of benzene rings is 3. The van der Waals surface area contributed by atoms with Gasteiger partial charge in [-0.2, -0.15) is 4.68 Å². The first kappa shape index (κ1) is 20.8. The molecule has 9 nitrogen and oxygen atoms in total. The summed E-state index contributed by atoms with van der Waals surface area (Å²) in [7, 11) is -3.86. The van der Waals surface area contributed by atoms with Gasteiger partial charge in [-0.1, -0.05) is 41.6 Å². The van der Waals surface area contributed by atoms with E-state index >= 15 is 0 Å². The largest absolute Gasteiger partial charge is 0.439 e. The minimum Gasteiger partial charge on any atom is -0.439 e. The van der Waals surface area contributed by atoms with Gasteiger partial charge in [-0.3, -0.25) is 9.10 Å². The molecule has 0 amide bonds. The normalized spacial score (nSPS) is 13.2. The fourth-order valence-corrected chi connectivity index (χ4v) is 5.33. The highest BCUT2D eigenvalue weighted by Crippen LogP contribution is 2.32. The predicted octanol–water partition coefficient (Wildman–Crippen LogP) is 2.36. The Morgan fingerprint density at radius 3 is 2.67 bits per heavy atom. The van der Waals surface area contributed by atoms with Gasteiger partial charge in [-0.05, 0) is 48.4 Å². The highest BCUT2D eigenvalue weighted by atomic mass is 32.2. The molecule has 33 heavy (non-hydrogen) atoms. The van der Waals surface area contributed by atoms with Gasteiger partial charge in [0.05, 0.1) is 21.5 Å². The van der Waals surface area contributed by atoms with Gasteiger partial charge in [0, 0.05) is 6.54 Å². The highest BCUT2D eigenvalue weighted by Gasteiger charge is 2.31. The quantitative estimate of drug-likeness (QED) is 0.419. The third kappa shape index (κ3) is 3.74. The van der Waals surface area contributed by atoms with Crippen molar-refractivity contribution in [1.82, 2.24) is 15.0 Å². The minimum atomic E-state index is -3.86. The fraction of sp³-hybridized carbons (Fsp3) is 0.130. The number of carbonyl (C=O) groups is 1. The van der Waals surface area contributed by atoms with Crippen LogP contribution in [-0.4, -0.2) is 35.9 Å². The molecule has 10 heteroatoms. The molecule has 0 atom stereocenters. The van der Waals surface area contributed by atoms with Gasteiger partial charge in [-0.15, -0.1) is 5.10 Å². The van der Waals surface area contributed by atoms with E-state index in [2.05, 4.69) is 10.3 Å². The molecule has 1 aromatic heterocycles. The molecular formula is C23H18N4O5S. The second-order valence-corrected chi connectivity index (χ2v) is 9.32. The molecule has 0 unspecified atom stereocenters. The lowest BCUT2D eigenvalue weighted by atomic mass is 10.2. The van der Waals surface area contributed by atoms with Crippen molar-refractivity contribution >= 4 is 32.6 Å². The number of ether oxygens (including phenoxy) is 1. The molecule has 3 aromatic carbocycles. The molecule has 0 bridgehead atoms. The molecular weight excluding hydrogens is 444 g/mol. The third-order valence-electron chi connectivity index (χ3n) is 5.45. The average Bonchev–Trinajstić information content (AvgIpc) is 3.29. The third-order valence-corrected chi connectivity index (χ3v) is 7.26. The fourth-order valence-electron chi connectivity index (χ4n) is 3.78. The predicted molar refractivity (Wildman–Crippen MR) is 120 cm³/mol. The molecule has 0 spiro atoms. The number of sulfonamides is 1. The van der Waals surface area contributed by atoms with Crippen LogP contribution in [-0.2, 0) is 27.9 Å². The molecule has 0 saturated carbocycles. The number of carbonyl (C=O) groups excluding carboxylic acids is 1. The number of nitrogens with zero attached hydrogens (tertiary/aromatic N) is 4. The smallest absolute Gasteiger partial charge is 0.339 e. The minimum absolute atomic E-state index is 0.0173. The van der Waals surface area contributed by atoms with Crippen molar-refractivity contribution in [2.24, 2.45) is 0 Å². The van der Waals surface area contributed by atoms with Crippen molar-refractivity contribution in [2.45, 2.75) is 18.0 Å². The van der Waals surface area contributed by atoms with Crippen LogP contribution in [0.25, 0.3) is 10.9 Å². The van der Waals surface area contributed by atoms with Crippen molar-refractivity contribution in [1.29, 1.82) is 0 Å². The molecule has 0 N–H and O–H groups in total. The Bertz CT molecular complexity index is 1550. The molecule has 4 aromatic rings. The van der Waals surface area contributed by atoms with E-state index < -0.39 is 28.3 Å². The van der Waals surface area contributed by atoms with Gasteiger partial charge < -0.3 is 4.74 Å². The van der Waals surface area contributed by atoms with Crippen LogP contribution < -0.4 is 9.86 Å². The van der Waals surface area contributed by atoms with E-state index in [0.29, 0.717) is 29.6 Å². The molecule has 0 aliphatic carbocycles. The monoisotopic (exact) mass is 462 g/mol. The van der Waals surface area contributed by atoms with Gasteiger partial charge in [0.15, 0.2) is 6.73 Å². The van der Waals surface area contributed by atoms with Gasteiger partial charge >= 0.3 is 5.97 Å². The summed E-state index contributed by atoms with van der Waals surface area (Å²) in [4.78, 5) is 25.1. The summed E-state index contributed by atoms with van der Waals surface area (Å²) >= 11 is 0. The Hall–Kier alpha value is -4.05. The maximum Gasteiger partial charge on any atom is 0.339 e. The zero-order valence-corrected chi connectivity index (χ0v) is 18.1. The van der Waals surface area contributed by atoms with Crippen LogP contribution in [0.3, 0.4) is 0 Å². The van der Waals surface area contributed by atoms with Crippen molar-refractivity contribution in [3.8, 4) is 0 Å². The van der Waals surface area contributed by atoms with E-state index in [-0.39, 0.29) is 10.5 Å². The van der Waals surface area contributed by atoms with E-state index in [0.717, 1.165) is 10.2 Å². The summed E-state index contributed by atoms with van der Waals surface area (Å²) in [6, 6.07) is 19.7. The van der Waals surface area contributed by atoms with Gasteiger partial charge in [0.1, 0.15) is 5.52 Å². The van der Waals surface area contributed by atoms with E-state index in [1.54, 1.807) is 36.4 Å². The topological polar surface area (TPSA) is 111 Å². The van der Waals surface area contributed by atoms with Crippen LogP contribution in [0.2, 0.25) is 0 Å². The Morgan fingerprint density at radius 1 is 1.00 bits per heavy atom. The average molecular weight is 462 g/mol. The number of hydrogen-bond acceptors (Lipinski definition) is 7. The van der Waals surface area contributed by atoms with E-state index in [4.69, 9.17) is 4.74 Å². The van der Waals surface area contributed by atoms with Crippen molar-refractivity contribution in [3.05, 3.63) is 94.3 Å². The van der Waals surface area contributed by atoms with E-state index in [1.807, 2.05) is 12.1 Å². The van der Waals surface area contributed by atoms with Crippen molar-refractivity contribution in [2.75, 3.05) is 10.8 Å². The Kier molecular flexibility index (Phi) is 5.14. The summed E-state index contributed by atoms with van der Waals surface area (Å²) in [6.07, 6.45) is 0.624. The van der Waals surface area contributed by atoms with Crippen molar-refractivity contribution < 1.29 is 17.9 Å². The van der Waals surface area contributed by atoms with Crippen LogP contribution in [0.5, 0.6) is 0 Å². The Labute approximate surface area is 188 Å². The summed E-state index contributed by atoms with van der Waals surface area (Å²) in [6.45, 7) is -0.119. The van der Waals surface area contributed by atoms with Gasteiger partial charge in [-0.25, -0.2) is 13.2 Å². The number of hydrogen-bond donors (Lipinski definition) is 0. The van der Waals surface area contributed by atoms with Gasteiger partial charge in [0.25, 0.3) is 15.6 Å². The Morgan fingerprint density at radius 2 is 1.79 bits per heavy atom. The SMILES string of the molecule is O=C(OCn1nnc2ccccc2c1=O)c1cccc(S(=O)(=O)N2CCc3ccccc32)c1. The maximum absolute atomic E-state index is 13.2.